The van der Waals surface area contributed by atoms with E-state index in [2.05, 4.69) is 55.4 Å². The maximum absolute atomic E-state index is 12.9. The summed E-state index contributed by atoms with van der Waals surface area (Å²) in [6.07, 6.45) is 1.72. The number of piperidine rings is 1. The van der Waals surface area contributed by atoms with Crippen LogP contribution in [0.15, 0.2) is 75.6 Å². The molecule has 3 aromatic carbocycles. The Kier molecular flexibility index (Phi) is 6.65. The minimum absolute atomic E-state index is 0.0169. The number of anilines is 1. The van der Waals surface area contributed by atoms with E-state index in [-0.39, 0.29) is 11.8 Å². The molecule has 1 fully saturated rings. The molecule has 1 aromatic heterocycles. The summed E-state index contributed by atoms with van der Waals surface area (Å²) < 4.78 is 12.1. The molecule has 1 saturated heterocycles. The van der Waals surface area contributed by atoms with Gasteiger partial charge in [0.2, 0.25) is 11.8 Å². The highest BCUT2D eigenvalue weighted by molar-refractivity contribution is 9.10. The van der Waals surface area contributed by atoms with Gasteiger partial charge in [-0.15, -0.1) is 0 Å². The molecule has 2 heterocycles. The molecule has 5 rings (SSSR count). The smallest absolute Gasteiger partial charge is 0.228 e. The Bertz CT molecular complexity index is 1300. The van der Waals surface area contributed by atoms with Gasteiger partial charge in [0, 0.05) is 28.7 Å². The highest BCUT2D eigenvalue weighted by atomic mass is 79.9. The van der Waals surface area contributed by atoms with E-state index in [1.165, 1.54) is 5.56 Å². The average molecular weight is 520 g/mol. The fourth-order valence-electron chi connectivity index (χ4n) is 4.35. The molecule has 34 heavy (non-hydrogen) atoms. The summed E-state index contributed by atoms with van der Waals surface area (Å²) >= 11 is 3.56. The third kappa shape index (κ3) is 5.00. The molecule has 0 saturated carbocycles. The predicted octanol–water partition coefficient (Wildman–Crippen LogP) is 6.12. The topological polar surface area (TPSA) is 67.6 Å². The Hall–Kier alpha value is -3.16. The van der Waals surface area contributed by atoms with Gasteiger partial charge in [0.1, 0.15) is 11.3 Å². The molecule has 1 amide bonds. The fraction of sp³-hybridized carbons (Fsp3) is 0.259. The third-order valence-corrected chi connectivity index (χ3v) is 6.93. The van der Waals surface area contributed by atoms with Crippen molar-refractivity contribution >= 4 is 38.6 Å². The van der Waals surface area contributed by atoms with Gasteiger partial charge in [-0.3, -0.25) is 9.69 Å². The first-order valence-corrected chi connectivity index (χ1v) is 12.2. The van der Waals surface area contributed by atoms with Crippen LogP contribution in [0.4, 0.5) is 5.69 Å². The molecule has 0 bridgehead atoms. The van der Waals surface area contributed by atoms with Gasteiger partial charge >= 0.3 is 0 Å². The summed E-state index contributed by atoms with van der Waals surface area (Å²) in [7, 11) is 1.63. The number of nitrogens with one attached hydrogen (secondary N) is 1. The molecule has 0 radical (unpaired) electrons. The number of carbonyl (C=O) groups is 1. The summed E-state index contributed by atoms with van der Waals surface area (Å²) in [5.41, 5.74) is 4.25. The average Bonchev–Trinajstić information content (AvgIpc) is 3.28. The Morgan fingerprint density at radius 2 is 1.91 bits per heavy atom. The van der Waals surface area contributed by atoms with E-state index in [0.717, 1.165) is 59.5 Å². The largest absolute Gasteiger partial charge is 0.497 e. The molecule has 0 unspecified atom stereocenters. The number of carbonyl (C=O) groups excluding carboxylic acids is 1. The summed E-state index contributed by atoms with van der Waals surface area (Å²) in [6.45, 7) is 2.78. The number of benzene rings is 3. The van der Waals surface area contributed by atoms with Crippen molar-refractivity contribution in [3.8, 4) is 17.2 Å². The second-order valence-corrected chi connectivity index (χ2v) is 9.43. The van der Waals surface area contributed by atoms with Gasteiger partial charge in [-0.25, -0.2) is 4.98 Å². The van der Waals surface area contributed by atoms with Crippen LogP contribution in [0, 0.1) is 5.92 Å². The molecular formula is C27H26BrN3O3. The third-order valence-electron chi connectivity index (χ3n) is 6.27. The fourth-order valence-corrected chi connectivity index (χ4v) is 4.88. The zero-order valence-corrected chi connectivity index (χ0v) is 20.5. The highest BCUT2D eigenvalue weighted by Crippen LogP contribution is 2.33. The van der Waals surface area contributed by atoms with Crippen LogP contribution in [-0.2, 0) is 11.3 Å². The van der Waals surface area contributed by atoms with Crippen LogP contribution >= 0.6 is 15.9 Å². The van der Waals surface area contributed by atoms with Crippen LogP contribution in [0.1, 0.15) is 18.4 Å². The van der Waals surface area contributed by atoms with E-state index in [4.69, 9.17) is 9.15 Å². The molecule has 6 nitrogen and oxygen atoms in total. The lowest BCUT2D eigenvalue weighted by molar-refractivity contribution is -0.121. The second kappa shape index (κ2) is 9.99. The molecule has 1 N–H and O–H groups in total. The maximum Gasteiger partial charge on any atom is 0.228 e. The van der Waals surface area contributed by atoms with Crippen LogP contribution < -0.4 is 10.1 Å². The van der Waals surface area contributed by atoms with Gasteiger partial charge in [0.05, 0.1) is 12.7 Å². The number of halogens is 1. The van der Waals surface area contributed by atoms with Gasteiger partial charge in [0.25, 0.3) is 0 Å². The molecular weight excluding hydrogens is 494 g/mol. The minimum atomic E-state index is 0.0169. The van der Waals surface area contributed by atoms with Crippen molar-refractivity contribution in [2.45, 2.75) is 19.4 Å². The van der Waals surface area contributed by atoms with Crippen molar-refractivity contribution in [1.82, 2.24) is 9.88 Å². The molecule has 0 aliphatic carbocycles. The molecule has 174 valence electrons. The molecule has 1 aliphatic heterocycles. The van der Waals surface area contributed by atoms with Crippen LogP contribution in [0.5, 0.6) is 5.75 Å². The van der Waals surface area contributed by atoms with E-state index in [0.29, 0.717) is 11.5 Å². The highest BCUT2D eigenvalue weighted by Gasteiger charge is 2.25. The number of nitrogens with zero attached hydrogens (tertiary/aromatic N) is 2. The number of fused-ring (bicyclic) bond motifs is 1. The SMILES string of the molecule is COc1ccc(-c2nc3ccc(NC(=O)C4CCN(Cc5ccccc5)CC4)cc3o2)c(Br)c1. The lowest BCUT2D eigenvalue weighted by atomic mass is 9.95. The van der Waals surface area contributed by atoms with Crippen molar-refractivity contribution in [3.63, 3.8) is 0 Å². The van der Waals surface area contributed by atoms with Gasteiger partial charge in [-0.05, 0) is 77.8 Å². The van der Waals surface area contributed by atoms with Crippen molar-refractivity contribution < 1.29 is 13.9 Å². The lowest BCUT2D eigenvalue weighted by Gasteiger charge is -2.31. The van der Waals surface area contributed by atoms with E-state index in [1.54, 1.807) is 7.11 Å². The monoisotopic (exact) mass is 519 g/mol. The van der Waals surface area contributed by atoms with E-state index in [1.807, 2.05) is 42.5 Å². The number of likely N-dealkylation sites (tertiary alicyclic amines) is 1. The summed E-state index contributed by atoms with van der Waals surface area (Å²) in [6, 6.07) is 21.7. The Morgan fingerprint density at radius 1 is 1.12 bits per heavy atom. The summed E-state index contributed by atoms with van der Waals surface area (Å²) in [5, 5.41) is 3.07. The van der Waals surface area contributed by atoms with Gasteiger partial charge < -0.3 is 14.5 Å². The number of hydrogen-bond acceptors (Lipinski definition) is 5. The number of aromatic nitrogens is 1. The normalized spacial score (nSPS) is 14.9. The molecule has 0 spiro atoms. The minimum Gasteiger partial charge on any atom is -0.497 e. The van der Waals surface area contributed by atoms with Crippen LogP contribution in [0.2, 0.25) is 0 Å². The zero-order valence-electron chi connectivity index (χ0n) is 19.0. The van der Waals surface area contributed by atoms with E-state index in [9.17, 15) is 4.79 Å². The number of hydrogen-bond donors (Lipinski definition) is 1. The van der Waals surface area contributed by atoms with Crippen molar-refractivity contribution in [2.24, 2.45) is 5.92 Å². The lowest BCUT2D eigenvalue weighted by Crippen LogP contribution is -2.37. The molecule has 7 heteroatoms. The molecule has 0 atom stereocenters. The summed E-state index contributed by atoms with van der Waals surface area (Å²) in [4.78, 5) is 19.9. The van der Waals surface area contributed by atoms with Gasteiger partial charge in [-0.2, -0.15) is 0 Å². The zero-order chi connectivity index (χ0) is 23.5. The number of amides is 1. The van der Waals surface area contributed by atoms with Gasteiger partial charge in [0.15, 0.2) is 5.58 Å². The maximum atomic E-state index is 12.9. The first-order chi connectivity index (χ1) is 16.6. The van der Waals surface area contributed by atoms with Crippen molar-refractivity contribution in [2.75, 3.05) is 25.5 Å². The van der Waals surface area contributed by atoms with E-state index < -0.39 is 0 Å². The number of oxazole rings is 1. The van der Waals surface area contributed by atoms with Crippen LogP contribution in [-0.4, -0.2) is 36.0 Å². The Morgan fingerprint density at radius 3 is 2.65 bits per heavy atom. The summed E-state index contributed by atoms with van der Waals surface area (Å²) in [5.74, 6) is 1.35. The number of methoxy groups -OCH3 is 1. The Labute approximate surface area is 207 Å². The molecule has 4 aromatic rings. The van der Waals surface area contributed by atoms with E-state index >= 15 is 0 Å². The van der Waals surface area contributed by atoms with Crippen LogP contribution in [0.25, 0.3) is 22.6 Å². The standard InChI is InChI=1S/C27H26BrN3O3/c1-33-21-8-9-22(23(28)16-21)27-30-24-10-7-20(15-25(24)34-27)29-26(32)19-11-13-31(14-12-19)17-18-5-3-2-4-6-18/h2-10,15-16,19H,11-14,17H2,1H3,(H,29,32). The van der Waals surface area contributed by atoms with Crippen LogP contribution in [0.3, 0.4) is 0 Å². The first-order valence-electron chi connectivity index (χ1n) is 11.4. The van der Waals surface area contributed by atoms with Crippen molar-refractivity contribution in [3.05, 3.63) is 76.8 Å². The second-order valence-electron chi connectivity index (χ2n) is 8.57. The molecule has 1 aliphatic rings. The van der Waals surface area contributed by atoms with Gasteiger partial charge in [-0.1, -0.05) is 30.3 Å². The quantitative estimate of drug-likeness (QED) is 0.332. The Balaban J connectivity index is 1.22. The number of rotatable bonds is 6. The van der Waals surface area contributed by atoms with Crippen molar-refractivity contribution in [1.29, 1.82) is 0 Å². The predicted molar refractivity (Wildman–Crippen MR) is 137 cm³/mol. The first kappa shape index (κ1) is 22.6. The number of ether oxygens (including phenoxy) is 1.